The van der Waals surface area contributed by atoms with E-state index in [-0.39, 0.29) is 0 Å². The lowest BCUT2D eigenvalue weighted by Crippen LogP contribution is -2.15. The Bertz CT molecular complexity index is 394. The molecule has 0 heterocycles. The molecule has 0 aromatic carbocycles. The number of hydrogen-bond donors (Lipinski definition) is 0. The van der Waals surface area contributed by atoms with E-state index in [1.165, 1.54) is 0 Å². The van der Waals surface area contributed by atoms with E-state index in [9.17, 15) is 0 Å². The largest absolute Gasteiger partial charge is 0.379 e. The summed E-state index contributed by atoms with van der Waals surface area (Å²) >= 11 is 0. The third-order valence-corrected chi connectivity index (χ3v) is 3.81. The maximum atomic E-state index is 5.44. The van der Waals surface area contributed by atoms with Crippen LogP contribution in [0.2, 0.25) is 0 Å². The predicted molar refractivity (Wildman–Crippen MR) is 127 cm³/mol. The van der Waals surface area contributed by atoms with Crippen molar-refractivity contribution < 1.29 is 42.6 Å². The van der Waals surface area contributed by atoms with Crippen molar-refractivity contribution in [1.82, 2.24) is 0 Å². The first kappa shape index (κ1) is 32.1. The Hall–Kier alpha value is -0.880. The topological polar surface area (TPSA) is 83.1 Å². The Kier molecular flexibility index (Phi) is 30.3. The Labute approximate surface area is 200 Å². The fraction of sp³-hybridized carbons (Fsp3) is 0.833. The van der Waals surface area contributed by atoms with Crippen LogP contribution in [0.4, 0.5) is 0 Å². The van der Waals surface area contributed by atoms with Crippen LogP contribution in [0.15, 0.2) is 24.8 Å². The summed E-state index contributed by atoms with van der Waals surface area (Å²) in [7, 11) is 0. The molecule has 9 heteroatoms. The van der Waals surface area contributed by atoms with Gasteiger partial charge in [0.15, 0.2) is 0 Å². The summed E-state index contributed by atoms with van der Waals surface area (Å²) in [5, 5.41) is 0. The Morgan fingerprint density at radius 2 is 0.697 bits per heavy atom. The minimum Gasteiger partial charge on any atom is -0.379 e. The van der Waals surface area contributed by atoms with Gasteiger partial charge in [-0.05, 0) is 6.42 Å². The van der Waals surface area contributed by atoms with Crippen LogP contribution in [0.25, 0.3) is 0 Å². The maximum absolute atomic E-state index is 5.44. The van der Waals surface area contributed by atoms with Crippen molar-refractivity contribution in [2.75, 3.05) is 119 Å². The lowest BCUT2D eigenvalue weighted by molar-refractivity contribution is -0.0246. The van der Waals surface area contributed by atoms with Gasteiger partial charge in [0.2, 0.25) is 0 Å². The van der Waals surface area contributed by atoms with Gasteiger partial charge in [0.05, 0.1) is 112 Å². The van der Waals surface area contributed by atoms with Gasteiger partial charge in [0, 0.05) is 6.61 Å². The fourth-order valence-electron chi connectivity index (χ4n) is 2.21. The normalized spacial score (nSPS) is 11.5. The molecule has 0 unspecified atom stereocenters. The first-order valence-corrected chi connectivity index (χ1v) is 11.9. The fourth-order valence-corrected chi connectivity index (χ4v) is 2.21. The van der Waals surface area contributed by atoms with Gasteiger partial charge >= 0.3 is 0 Å². The zero-order valence-corrected chi connectivity index (χ0v) is 20.5. The molecule has 0 N–H and O–H groups in total. The zero-order chi connectivity index (χ0) is 23.9. The van der Waals surface area contributed by atoms with Crippen LogP contribution >= 0.6 is 0 Å². The van der Waals surface area contributed by atoms with Crippen LogP contribution in [0.3, 0.4) is 0 Å². The molecule has 0 aliphatic heterocycles. The molecule has 0 aliphatic carbocycles. The molecule has 0 saturated carbocycles. The Morgan fingerprint density at radius 1 is 0.424 bits per heavy atom. The summed E-state index contributed by atoms with van der Waals surface area (Å²) in [6.45, 7) is 15.9. The monoisotopic (exact) mass is 478 g/mol. The van der Waals surface area contributed by atoms with Gasteiger partial charge in [0.25, 0.3) is 0 Å². The van der Waals surface area contributed by atoms with Crippen LogP contribution in [-0.4, -0.2) is 119 Å². The third-order valence-electron chi connectivity index (χ3n) is 3.81. The third kappa shape index (κ3) is 31.1. The van der Waals surface area contributed by atoms with E-state index in [0.717, 1.165) is 13.0 Å². The number of rotatable bonds is 29. The van der Waals surface area contributed by atoms with Crippen LogP contribution in [0, 0.1) is 0 Å². The zero-order valence-electron chi connectivity index (χ0n) is 20.5. The first-order chi connectivity index (χ1) is 16.4. The van der Waals surface area contributed by atoms with E-state index >= 15 is 0 Å². The highest BCUT2D eigenvalue weighted by atomic mass is 16.6. The molecule has 0 bridgehead atoms. The molecule has 0 spiro atoms. The van der Waals surface area contributed by atoms with Crippen molar-refractivity contribution in [2.45, 2.75) is 13.3 Å². The SMILES string of the molecule is C=C/C=C/COCCOCCOCCOCCOCCOCCOCCOCCOCCC. The van der Waals surface area contributed by atoms with E-state index in [4.69, 9.17) is 42.6 Å². The van der Waals surface area contributed by atoms with Gasteiger partial charge in [-0.25, -0.2) is 0 Å². The van der Waals surface area contributed by atoms with Crippen molar-refractivity contribution >= 4 is 0 Å². The molecule has 33 heavy (non-hydrogen) atoms. The van der Waals surface area contributed by atoms with Crippen LogP contribution < -0.4 is 0 Å². The van der Waals surface area contributed by atoms with Crippen molar-refractivity contribution in [2.24, 2.45) is 0 Å². The summed E-state index contributed by atoms with van der Waals surface area (Å²) in [5.74, 6) is 0. The Balaban J connectivity index is 3.01. The number of allylic oxidation sites excluding steroid dienone is 2. The molecule has 0 aromatic rings. The van der Waals surface area contributed by atoms with Gasteiger partial charge in [0.1, 0.15) is 0 Å². The average molecular weight is 479 g/mol. The van der Waals surface area contributed by atoms with Crippen molar-refractivity contribution in [3.8, 4) is 0 Å². The second kappa shape index (κ2) is 31.1. The van der Waals surface area contributed by atoms with E-state index < -0.39 is 0 Å². The van der Waals surface area contributed by atoms with Gasteiger partial charge in [-0.15, -0.1) is 0 Å². The molecule has 0 fully saturated rings. The van der Waals surface area contributed by atoms with Crippen molar-refractivity contribution in [3.05, 3.63) is 24.8 Å². The minimum atomic E-state index is 0.532. The molecule has 0 atom stereocenters. The highest BCUT2D eigenvalue weighted by Gasteiger charge is 1.95. The summed E-state index contributed by atoms with van der Waals surface area (Å²) in [6.07, 6.45) is 6.50. The summed E-state index contributed by atoms with van der Waals surface area (Å²) in [4.78, 5) is 0. The van der Waals surface area contributed by atoms with E-state index in [0.29, 0.717) is 112 Å². The first-order valence-electron chi connectivity index (χ1n) is 11.9. The number of ether oxygens (including phenoxy) is 9. The van der Waals surface area contributed by atoms with Gasteiger partial charge in [-0.2, -0.15) is 0 Å². The predicted octanol–water partition coefficient (Wildman–Crippen LogP) is 2.29. The van der Waals surface area contributed by atoms with Gasteiger partial charge < -0.3 is 42.6 Å². The second-order valence-electron chi connectivity index (χ2n) is 6.64. The van der Waals surface area contributed by atoms with Gasteiger partial charge in [-0.3, -0.25) is 0 Å². The summed E-state index contributed by atoms with van der Waals surface area (Å²) in [5.41, 5.74) is 0. The average Bonchev–Trinajstić information content (AvgIpc) is 2.83. The standard InChI is InChI=1S/C24H46O9/c1-3-5-6-8-26-10-12-28-14-16-30-18-20-32-22-24-33-23-21-31-19-17-29-15-13-27-11-9-25-7-4-2/h3,5-6H,1,4,7-24H2,2H3/b6-5+. The van der Waals surface area contributed by atoms with Crippen molar-refractivity contribution in [3.63, 3.8) is 0 Å². The highest BCUT2D eigenvalue weighted by molar-refractivity contribution is 4.96. The Morgan fingerprint density at radius 3 is 0.970 bits per heavy atom. The molecule has 0 rings (SSSR count). The summed E-state index contributed by atoms with van der Waals surface area (Å²) in [6, 6.07) is 0. The molecule has 0 radical (unpaired) electrons. The van der Waals surface area contributed by atoms with Crippen LogP contribution in [0.5, 0.6) is 0 Å². The molecule has 0 aliphatic rings. The van der Waals surface area contributed by atoms with Gasteiger partial charge in [-0.1, -0.05) is 31.7 Å². The van der Waals surface area contributed by atoms with E-state index in [1.807, 2.05) is 12.2 Å². The lowest BCUT2D eigenvalue weighted by Gasteiger charge is -2.08. The van der Waals surface area contributed by atoms with E-state index in [1.54, 1.807) is 6.08 Å². The molecule has 0 saturated heterocycles. The molecule has 0 amide bonds. The molecular weight excluding hydrogens is 432 g/mol. The van der Waals surface area contributed by atoms with Crippen LogP contribution in [-0.2, 0) is 42.6 Å². The van der Waals surface area contributed by atoms with Crippen LogP contribution in [0.1, 0.15) is 13.3 Å². The summed E-state index contributed by atoms with van der Waals surface area (Å²) < 4.78 is 48.6. The number of hydrogen-bond acceptors (Lipinski definition) is 9. The second-order valence-corrected chi connectivity index (χ2v) is 6.64. The molecule has 196 valence electrons. The highest BCUT2D eigenvalue weighted by Crippen LogP contribution is 1.86. The lowest BCUT2D eigenvalue weighted by atomic mass is 10.5. The quantitative estimate of drug-likeness (QED) is 0.119. The molecular formula is C24H46O9. The van der Waals surface area contributed by atoms with Crippen molar-refractivity contribution in [1.29, 1.82) is 0 Å². The molecule has 9 nitrogen and oxygen atoms in total. The smallest absolute Gasteiger partial charge is 0.0704 e. The maximum Gasteiger partial charge on any atom is 0.0704 e. The minimum absolute atomic E-state index is 0.532. The molecule has 0 aromatic heterocycles. The van der Waals surface area contributed by atoms with E-state index in [2.05, 4.69) is 13.5 Å².